The third kappa shape index (κ3) is 5.10. The van der Waals surface area contributed by atoms with E-state index in [9.17, 15) is 20.4 Å². The normalized spacial score (nSPS) is 30.2. The van der Waals surface area contributed by atoms with Crippen LogP contribution in [0.1, 0.15) is 22.3 Å². The van der Waals surface area contributed by atoms with Crippen molar-refractivity contribution in [3.63, 3.8) is 0 Å². The van der Waals surface area contributed by atoms with Crippen molar-refractivity contribution in [2.24, 2.45) is 0 Å². The summed E-state index contributed by atoms with van der Waals surface area (Å²) in [6, 6.07) is 37.0. The van der Waals surface area contributed by atoms with Crippen molar-refractivity contribution in [3.8, 4) is 0 Å². The number of ether oxygens (including phenoxy) is 1. The quantitative estimate of drug-likeness (QED) is 0.228. The topological polar surface area (TPSA) is 90.2 Å². The highest BCUT2D eigenvalue weighted by molar-refractivity contribution is 6.24. The van der Waals surface area contributed by atoms with Gasteiger partial charge in [0.1, 0.15) is 22.9 Å². The van der Waals surface area contributed by atoms with Gasteiger partial charge in [0, 0.05) is 25.7 Å². The molecule has 1 aliphatic rings. The number of aliphatic hydroxyl groups excluding tert-OH is 1. The molecule has 1 fully saturated rings. The van der Waals surface area contributed by atoms with Gasteiger partial charge in [0.15, 0.2) is 5.06 Å². The molecule has 0 amide bonds. The first-order valence-electron chi connectivity index (χ1n) is 13.5. The molecule has 4 aromatic rings. The number of alkyl halides is 1. The largest absolute Gasteiger partial charge is 0.394 e. The van der Waals surface area contributed by atoms with E-state index in [4.69, 9.17) is 16.3 Å². The molecule has 4 aromatic carbocycles. The maximum absolute atomic E-state index is 13.0. The van der Waals surface area contributed by atoms with Gasteiger partial charge in [-0.2, -0.15) is 0 Å². The average Bonchev–Trinajstić information content (AvgIpc) is 2.97. The van der Waals surface area contributed by atoms with Crippen LogP contribution in [0.3, 0.4) is 0 Å². The number of hydrogen-bond donors (Lipinski definition) is 4. The van der Waals surface area contributed by atoms with Crippen molar-refractivity contribution in [1.82, 2.24) is 0 Å². The second-order valence-electron chi connectivity index (χ2n) is 10.8. The summed E-state index contributed by atoms with van der Waals surface area (Å²) in [5.41, 5.74) is -3.72. The van der Waals surface area contributed by atoms with Crippen LogP contribution < -0.4 is 0 Å². The van der Waals surface area contributed by atoms with Crippen LogP contribution in [-0.4, -0.2) is 55.0 Å². The molecule has 5 atom stereocenters. The molecule has 40 heavy (non-hydrogen) atoms. The zero-order valence-electron chi connectivity index (χ0n) is 22.2. The van der Waals surface area contributed by atoms with Gasteiger partial charge in [0.2, 0.25) is 0 Å². The van der Waals surface area contributed by atoms with Crippen LogP contribution in [0.5, 0.6) is 0 Å². The molecule has 1 unspecified atom stereocenters. The van der Waals surface area contributed by atoms with Crippen LogP contribution in [0.15, 0.2) is 121 Å². The molecule has 1 heterocycles. The van der Waals surface area contributed by atoms with Crippen molar-refractivity contribution >= 4 is 11.6 Å². The van der Waals surface area contributed by atoms with Gasteiger partial charge in [0.25, 0.3) is 0 Å². The molecule has 1 aliphatic heterocycles. The summed E-state index contributed by atoms with van der Waals surface area (Å²) in [5, 5.41) is 47.3. The summed E-state index contributed by atoms with van der Waals surface area (Å²) in [6.07, 6.45) is -1.61. The van der Waals surface area contributed by atoms with E-state index in [1.54, 1.807) is 0 Å². The van der Waals surface area contributed by atoms with Crippen molar-refractivity contribution in [1.29, 1.82) is 0 Å². The van der Waals surface area contributed by atoms with Crippen LogP contribution in [-0.2, 0) is 30.4 Å². The molecule has 1 saturated heterocycles. The molecule has 0 saturated carbocycles. The van der Waals surface area contributed by atoms with Gasteiger partial charge in [-0.25, -0.2) is 0 Å². The number of hydrogen-bond acceptors (Lipinski definition) is 5. The first-order valence-corrected chi connectivity index (χ1v) is 13.9. The third-order valence-corrected chi connectivity index (χ3v) is 8.78. The fourth-order valence-corrected chi connectivity index (χ4v) is 6.60. The third-order valence-electron chi connectivity index (χ3n) is 8.24. The minimum atomic E-state index is -2.27. The Labute approximate surface area is 240 Å². The zero-order valence-corrected chi connectivity index (χ0v) is 23.0. The minimum Gasteiger partial charge on any atom is -0.394 e. The van der Waals surface area contributed by atoms with Crippen LogP contribution in [0, 0.1) is 0 Å². The minimum absolute atomic E-state index is 0.0216. The van der Waals surface area contributed by atoms with Crippen LogP contribution in [0.25, 0.3) is 0 Å². The second-order valence-corrected chi connectivity index (χ2v) is 11.4. The maximum atomic E-state index is 13.0. The predicted molar refractivity (Wildman–Crippen MR) is 156 cm³/mol. The molecule has 0 aliphatic carbocycles. The summed E-state index contributed by atoms with van der Waals surface area (Å²) < 4.78 is 6.39. The highest BCUT2D eigenvalue weighted by atomic mass is 35.5. The van der Waals surface area contributed by atoms with E-state index in [1.807, 2.05) is 121 Å². The lowest BCUT2D eigenvalue weighted by molar-refractivity contribution is -0.370. The number of rotatable bonds is 9. The Bertz CT molecular complexity index is 1370. The van der Waals surface area contributed by atoms with Gasteiger partial charge in [0.05, 0.1) is 6.61 Å². The molecule has 4 N–H and O–H groups in total. The Hall–Kier alpha value is -3.03. The van der Waals surface area contributed by atoms with E-state index in [-0.39, 0.29) is 25.7 Å². The van der Waals surface area contributed by atoms with Crippen molar-refractivity contribution < 1.29 is 25.2 Å². The molecular weight excluding hydrogens is 524 g/mol. The fourth-order valence-electron chi connectivity index (χ4n) is 6.12. The molecule has 0 radical (unpaired) electrons. The fraction of sp³-hybridized carbons (Fsp3) is 0.294. The van der Waals surface area contributed by atoms with E-state index < -0.39 is 34.6 Å². The van der Waals surface area contributed by atoms with E-state index >= 15 is 0 Å². The molecule has 0 bridgehead atoms. The standard InChI is InChI=1S/C34H35ClO5/c35-34(24-29-19-11-4-12-20-29)33(39,23-28-17-9-3-10-18-28)32(38,22-27-15-7-2-8-16-27)31(37,30(25-36)40-34)21-26-13-5-1-6-14-26/h1-20,30,36-39H,21-25H2/t30-,31+,32+,33-,34?/m1/s1. The Morgan fingerprint density at radius 2 is 0.875 bits per heavy atom. The molecular formula is C34H35ClO5. The monoisotopic (exact) mass is 558 g/mol. The van der Waals surface area contributed by atoms with E-state index in [2.05, 4.69) is 0 Å². The van der Waals surface area contributed by atoms with Crippen LogP contribution >= 0.6 is 11.6 Å². The van der Waals surface area contributed by atoms with Gasteiger partial charge in [-0.1, -0.05) is 133 Å². The molecule has 0 aromatic heterocycles. The van der Waals surface area contributed by atoms with Gasteiger partial charge >= 0.3 is 0 Å². The first-order chi connectivity index (χ1) is 19.2. The van der Waals surface area contributed by atoms with E-state index in [1.165, 1.54) is 0 Å². The SMILES string of the molecule is OC[C@H]1OC(Cl)(Cc2ccccc2)[C@@](O)(Cc2ccccc2)[C@](O)(Cc2ccccc2)[C@]1(O)Cc1ccccc1. The first kappa shape index (κ1) is 28.5. The predicted octanol–water partition coefficient (Wildman–Crippen LogP) is 4.48. The highest BCUT2D eigenvalue weighted by Crippen LogP contribution is 2.56. The zero-order chi connectivity index (χ0) is 28.3. The van der Waals surface area contributed by atoms with Gasteiger partial charge < -0.3 is 25.2 Å². The van der Waals surface area contributed by atoms with Crippen LogP contribution in [0.2, 0.25) is 0 Å². The summed E-state index contributed by atoms with van der Waals surface area (Å²) >= 11 is 7.37. The van der Waals surface area contributed by atoms with Gasteiger partial charge in [-0.3, -0.25) is 0 Å². The van der Waals surface area contributed by atoms with Crippen LogP contribution in [0.4, 0.5) is 0 Å². The number of halogens is 1. The molecule has 208 valence electrons. The van der Waals surface area contributed by atoms with Crippen molar-refractivity contribution in [2.45, 2.75) is 53.7 Å². The summed E-state index contributed by atoms with van der Waals surface area (Å²) in [6.45, 7) is -0.620. The molecule has 5 rings (SSSR count). The Kier molecular flexibility index (Phi) is 8.16. The smallest absolute Gasteiger partial charge is 0.178 e. The number of benzene rings is 4. The lowest BCUT2D eigenvalue weighted by Gasteiger charge is -2.64. The average molecular weight is 559 g/mol. The van der Waals surface area contributed by atoms with E-state index in [0.29, 0.717) is 16.7 Å². The number of aliphatic hydroxyl groups is 4. The maximum Gasteiger partial charge on any atom is 0.178 e. The van der Waals surface area contributed by atoms with Gasteiger partial charge in [-0.05, 0) is 22.3 Å². The van der Waals surface area contributed by atoms with Crippen molar-refractivity contribution in [3.05, 3.63) is 144 Å². The molecule has 6 heteroatoms. The lowest BCUT2D eigenvalue weighted by atomic mass is 9.57. The summed E-state index contributed by atoms with van der Waals surface area (Å²) in [4.78, 5) is 0. The highest BCUT2D eigenvalue weighted by Gasteiger charge is 2.75. The second kappa shape index (κ2) is 11.5. The Balaban J connectivity index is 1.74. The Morgan fingerprint density at radius 3 is 1.27 bits per heavy atom. The van der Waals surface area contributed by atoms with E-state index in [0.717, 1.165) is 5.56 Å². The molecule has 0 spiro atoms. The molecule has 5 nitrogen and oxygen atoms in total. The Morgan fingerprint density at radius 1 is 0.525 bits per heavy atom. The van der Waals surface area contributed by atoms with Crippen molar-refractivity contribution in [2.75, 3.05) is 6.61 Å². The summed E-state index contributed by atoms with van der Waals surface area (Å²) in [5.74, 6) is 0. The summed E-state index contributed by atoms with van der Waals surface area (Å²) in [7, 11) is 0. The van der Waals surface area contributed by atoms with Gasteiger partial charge in [-0.15, -0.1) is 0 Å². The lowest BCUT2D eigenvalue weighted by Crippen LogP contribution is -2.85.